The van der Waals surface area contributed by atoms with Gasteiger partial charge in [-0.15, -0.1) is 0 Å². The summed E-state index contributed by atoms with van der Waals surface area (Å²) in [6, 6.07) is 0. The first-order chi connectivity index (χ1) is 9.45. The normalized spacial score (nSPS) is 18.3. The van der Waals surface area contributed by atoms with Crippen LogP contribution in [0, 0.1) is 0 Å². The third-order valence-corrected chi connectivity index (χ3v) is 2.72. The SMILES string of the molecule is C1=CCN(C=NCCCN=CN2C=CC=CC2)C=C1. The monoisotopic (exact) mass is 256 g/mol. The molecular formula is C15H20N4. The Bertz CT molecular complexity index is 389. The fourth-order valence-electron chi connectivity index (χ4n) is 1.71. The Kier molecular flexibility index (Phi) is 5.67. The maximum atomic E-state index is 4.38. The van der Waals surface area contributed by atoms with Crippen LogP contribution in [-0.4, -0.2) is 48.7 Å². The van der Waals surface area contributed by atoms with Crippen LogP contribution in [0.2, 0.25) is 0 Å². The van der Waals surface area contributed by atoms with Crippen LogP contribution >= 0.6 is 0 Å². The third-order valence-electron chi connectivity index (χ3n) is 2.72. The average molecular weight is 256 g/mol. The van der Waals surface area contributed by atoms with Crippen molar-refractivity contribution in [1.82, 2.24) is 9.80 Å². The topological polar surface area (TPSA) is 31.2 Å². The highest BCUT2D eigenvalue weighted by molar-refractivity contribution is 5.58. The molecule has 2 aliphatic rings. The molecule has 0 fully saturated rings. The minimum absolute atomic E-state index is 0.821. The van der Waals surface area contributed by atoms with E-state index < -0.39 is 0 Å². The van der Waals surface area contributed by atoms with Crippen LogP contribution in [0.15, 0.2) is 58.8 Å². The molecule has 2 rings (SSSR count). The second kappa shape index (κ2) is 8.08. The summed E-state index contributed by atoms with van der Waals surface area (Å²) in [7, 11) is 0. The van der Waals surface area contributed by atoms with E-state index in [0.29, 0.717) is 0 Å². The van der Waals surface area contributed by atoms with E-state index >= 15 is 0 Å². The third kappa shape index (κ3) is 5.38. The second-order valence-corrected chi connectivity index (χ2v) is 4.33. The molecule has 0 radical (unpaired) electrons. The van der Waals surface area contributed by atoms with Crippen molar-refractivity contribution in [1.29, 1.82) is 0 Å². The number of hydrogen-bond donors (Lipinski definition) is 0. The van der Waals surface area contributed by atoms with Gasteiger partial charge in [0, 0.05) is 38.6 Å². The predicted molar refractivity (Wildman–Crippen MR) is 81.3 cm³/mol. The zero-order chi connectivity index (χ0) is 13.2. The first-order valence-corrected chi connectivity index (χ1v) is 6.63. The van der Waals surface area contributed by atoms with Crippen molar-refractivity contribution in [3.63, 3.8) is 0 Å². The Morgan fingerprint density at radius 2 is 1.32 bits per heavy atom. The molecule has 4 nitrogen and oxygen atoms in total. The van der Waals surface area contributed by atoms with E-state index in [4.69, 9.17) is 0 Å². The molecule has 0 aromatic rings. The van der Waals surface area contributed by atoms with Gasteiger partial charge in [-0.3, -0.25) is 9.98 Å². The molecule has 0 spiro atoms. The fourth-order valence-corrected chi connectivity index (χ4v) is 1.71. The number of aliphatic imine (C=N–C) groups is 2. The molecule has 100 valence electrons. The first-order valence-electron chi connectivity index (χ1n) is 6.63. The van der Waals surface area contributed by atoms with E-state index in [-0.39, 0.29) is 0 Å². The van der Waals surface area contributed by atoms with Gasteiger partial charge >= 0.3 is 0 Å². The predicted octanol–water partition coefficient (Wildman–Crippen LogP) is 2.20. The molecule has 0 bridgehead atoms. The van der Waals surface area contributed by atoms with Crippen LogP contribution < -0.4 is 0 Å². The highest BCUT2D eigenvalue weighted by Crippen LogP contribution is 1.96. The lowest BCUT2D eigenvalue weighted by Gasteiger charge is -2.14. The summed E-state index contributed by atoms with van der Waals surface area (Å²) in [4.78, 5) is 12.9. The van der Waals surface area contributed by atoms with E-state index in [1.54, 1.807) is 0 Å². The Balaban J connectivity index is 1.54. The summed E-state index contributed by atoms with van der Waals surface area (Å²) in [6.45, 7) is 3.46. The van der Waals surface area contributed by atoms with E-state index in [2.05, 4.69) is 31.9 Å². The van der Waals surface area contributed by atoms with Crippen molar-refractivity contribution in [2.24, 2.45) is 9.98 Å². The molecular weight excluding hydrogens is 236 g/mol. The molecule has 19 heavy (non-hydrogen) atoms. The van der Waals surface area contributed by atoms with E-state index in [1.807, 2.05) is 49.4 Å². The van der Waals surface area contributed by atoms with Gasteiger partial charge in [0.15, 0.2) is 0 Å². The average Bonchev–Trinajstić information content (AvgIpc) is 2.48. The molecule has 0 aromatic carbocycles. The first kappa shape index (κ1) is 13.3. The van der Waals surface area contributed by atoms with Gasteiger partial charge in [0.2, 0.25) is 0 Å². The number of rotatable bonds is 6. The van der Waals surface area contributed by atoms with E-state index in [0.717, 1.165) is 32.6 Å². The van der Waals surface area contributed by atoms with Gasteiger partial charge in [-0.25, -0.2) is 0 Å². The maximum absolute atomic E-state index is 4.38. The Hall–Kier alpha value is -2.10. The molecule has 0 aliphatic carbocycles. The van der Waals surface area contributed by atoms with Gasteiger partial charge in [-0.1, -0.05) is 24.3 Å². The summed E-state index contributed by atoms with van der Waals surface area (Å²) in [5, 5.41) is 0. The van der Waals surface area contributed by atoms with Crippen molar-refractivity contribution >= 4 is 12.7 Å². The zero-order valence-corrected chi connectivity index (χ0v) is 11.1. The van der Waals surface area contributed by atoms with Gasteiger partial charge in [-0.05, 0) is 18.6 Å². The van der Waals surface area contributed by atoms with Gasteiger partial charge in [0.05, 0.1) is 12.7 Å². The van der Waals surface area contributed by atoms with Crippen LogP contribution in [0.3, 0.4) is 0 Å². The van der Waals surface area contributed by atoms with Crippen LogP contribution in [0.25, 0.3) is 0 Å². The van der Waals surface area contributed by atoms with Gasteiger partial charge in [0.1, 0.15) is 0 Å². The molecule has 0 saturated carbocycles. The number of hydrogen-bond acceptors (Lipinski definition) is 2. The smallest absolute Gasteiger partial charge is 0.0892 e. The highest BCUT2D eigenvalue weighted by atomic mass is 15.1. The maximum Gasteiger partial charge on any atom is 0.0892 e. The molecule has 0 N–H and O–H groups in total. The van der Waals surface area contributed by atoms with Crippen molar-refractivity contribution in [2.45, 2.75) is 6.42 Å². The summed E-state index contributed by atoms with van der Waals surface area (Å²) in [5.74, 6) is 0. The van der Waals surface area contributed by atoms with Crippen LogP contribution in [0.1, 0.15) is 6.42 Å². The Morgan fingerprint density at radius 3 is 1.74 bits per heavy atom. The van der Waals surface area contributed by atoms with Gasteiger partial charge in [0.25, 0.3) is 0 Å². The lowest BCUT2D eigenvalue weighted by atomic mass is 10.4. The van der Waals surface area contributed by atoms with Crippen LogP contribution in [0.4, 0.5) is 0 Å². The Labute approximate surface area is 114 Å². The fraction of sp³-hybridized carbons (Fsp3) is 0.333. The summed E-state index contributed by atoms with van der Waals surface area (Å²) >= 11 is 0. The molecule has 4 heteroatoms. The molecule has 2 heterocycles. The molecule has 0 saturated heterocycles. The van der Waals surface area contributed by atoms with Crippen molar-refractivity contribution in [3.8, 4) is 0 Å². The van der Waals surface area contributed by atoms with Crippen LogP contribution in [-0.2, 0) is 0 Å². The molecule has 0 atom stereocenters. The van der Waals surface area contributed by atoms with Crippen molar-refractivity contribution in [2.75, 3.05) is 26.2 Å². The second-order valence-electron chi connectivity index (χ2n) is 4.33. The number of nitrogens with zero attached hydrogens (tertiary/aromatic N) is 4. The lowest BCUT2D eigenvalue weighted by Crippen LogP contribution is -2.17. The summed E-state index contributed by atoms with van der Waals surface area (Å²) in [5.41, 5.74) is 0. The van der Waals surface area contributed by atoms with Gasteiger partial charge in [-0.2, -0.15) is 0 Å². The summed E-state index contributed by atoms with van der Waals surface area (Å²) < 4.78 is 0. The summed E-state index contributed by atoms with van der Waals surface area (Å²) in [6.07, 6.45) is 21.1. The van der Waals surface area contributed by atoms with Crippen molar-refractivity contribution in [3.05, 3.63) is 48.9 Å². The molecule has 0 unspecified atom stereocenters. The van der Waals surface area contributed by atoms with E-state index in [9.17, 15) is 0 Å². The Morgan fingerprint density at radius 1 is 0.789 bits per heavy atom. The molecule has 2 aliphatic heterocycles. The van der Waals surface area contributed by atoms with E-state index in [1.165, 1.54) is 0 Å². The quantitative estimate of drug-likeness (QED) is 0.414. The highest BCUT2D eigenvalue weighted by Gasteiger charge is 1.94. The largest absolute Gasteiger partial charge is 0.336 e. The van der Waals surface area contributed by atoms with Gasteiger partial charge < -0.3 is 9.80 Å². The minimum Gasteiger partial charge on any atom is -0.336 e. The van der Waals surface area contributed by atoms with Crippen LogP contribution in [0.5, 0.6) is 0 Å². The van der Waals surface area contributed by atoms with Crippen molar-refractivity contribution < 1.29 is 0 Å². The standard InChI is InChI=1S/C15H20N4/c1-3-10-18(11-4-1)14-16-8-7-9-17-15-19-12-5-2-6-13-19/h1-6,10,12,14-15H,7-9,11,13H2. The minimum atomic E-state index is 0.821. The molecule has 0 amide bonds. The number of allylic oxidation sites excluding steroid dienone is 4. The zero-order valence-electron chi connectivity index (χ0n) is 11.1. The lowest BCUT2D eigenvalue weighted by molar-refractivity contribution is 0.625. The molecule has 0 aromatic heterocycles.